The fourth-order valence-electron chi connectivity index (χ4n) is 3.73. The van der Waals surface area contributed by atoms with Gasteiger partial charge in [0.1, 0.15) is 11.5 Å². The lowest BCUT2D eigenvalue weighted by molar-refractivity contribution is -0.00330. The van der Waals surface area contributed by atoms with Gasteiger partial charge in [0.05, 0.1) is 24.9 Å². The molecule has 150 valence electrons. The fraction of sp³-hybridized carbons (Fsp3) is 0.300. The Bertz CT molecular complexity index is 1070. The van der Waals surface area contributed by atoms with Gasteiger partial charge in [0.2, 0.25) is 0 Å². The molecule has 2 aromatic heterocycles. The van der Waals surface area contributed by atoms with Gasteiger partial charge in [-0.1, -0.05) is 12.1 Å². The van der Waals surface area contributed by atoms with Gasteiger partial charge >= 0.3 is 0 Å². The van der Waals surface area contributed by atoms with Crippen LogP contribution in [-0.2, 0) is 4.74 Å². The molecule has 1 fully saturated rings. The van der Waals surface area contributed by atoms with Crippen molar-refractivity contribution in [3.05, 3.63) is 65.1 Å². The summed E-state index contributed by atoms with van der Waals surface area (Å²) in [6.07, 6.45) is 2.88. The number of nitrogens with two attached hydrogens (primary N) is 1. The van der Waals surface area contributed by atoms with Crippen LogP contribution in [0.1, 0.15) is 33.5 Å². The minimum absolute atomic E-state index is 0.0817. The van der Waals surface area contributed by atoms with E-state index in [1.807, 2.05) is 13.8 Å². The number of hydrogen-bond donors (Lipinski definition) is 1. The molecule has 1 aliphatic heterocycles. The first-order valence-corrected chi connectivity index (χ1v) is 9.25. The van der Waals surface area contributed by atoms with Crippen molar-refractivity contribution >= 4 is 11.7 Å². The minimum Gasteiger partial charge on any atom is -0.382 e. The van der Waals surface area contributed by atoms with E-state index in [0.29, 0.717) is 31.1 Å². The van der Waals surface area contributed by atoms with Crippen LogP contribution >= 0.6 is 0 Å². The second-order valence-electron chi connectivity index (χ2n) is 6.83. The Morgan fingerprint density at radius 3 is 2.76 bits per heavy atom. The smallest absolute Gasteiger partial charge is 0.276 e. The molecule has 29 heavy (non-hydrogen) atoms. The Morgan fingerprint density at radius 2 is 2.00 bits per heavy atom. The monoisotopic (exact) mass is 396 g/mol. The average Bonchev–Trinajstić information content (AvgIpc) is 3.02. The number of ether oxygens (including phenoxy) is 1. The maximum atomic E-state index is 14.3. The normalized spacial score (nSPS) is 16.8. The zero-order chi connectivity index (χ0) is 20.5. The van der Waals surface area contributed by atoms with Crippen LogP contribution in [0, 0.1) is 19.7 Å². The van der Waals surface area contributed by atoms with Crippen LogP contribution in [0.4, 0.5) is 10.2 Å². The molecule has 2 N–H and O–H groups in total. The van der Waals surface area contributed by atoms with Crippen LogP contribution in [0.25, 0.3) is 5.69 Å². The lowest BCUT2D eigenvalue weighted by Gasteiger charge is -2.36. The van der Waals surface area contributed by atoms with E-state index in [0.717, 1.165) is 11.3 Å². The first kappa shape index (κ1) is 19.0. The molecule has 1 aliphatic rings. The number of carbonyl (C=O) groups excluding carboxylic acids is 1. The number of aryl methyl sites for hydroxylation is 1. The van der Waals surface area contributed by atoms with E-state index in [9.17, 15) is 9.18 Å². The largest absolute Gasteiger partial charge is 0.382 e. The Balaban J connectivity index is 1.76. The minimum atomic E-state index is -0.391. The highest BCUT2D eigenvalue weighted by atomic mass is 19.1. The number of aromatic nitrogens is 4. The molecule has 9 heteroatoms. The van der Waals surface area contributed by atoms with Crippen molar-refractivity contribution in [3.63, 3.8) is 0 Å². The number of para-hydroxylation sites is 1. The van der Waals surface area contributed by atoms with Crippen LogP contribution < -0.4 is 5.73 Å². The van der Waals surface area contributed by atoms with Gasteiger partial charge in [-0.3, -0.25) is 4.79 Å². The summed E-state index contributed by atoms with van der Waals surface area (Å²) in [6.45, 7) is 4.78. The fourth-order valence-corrected chi connectivity index (χ4v) is 3.73. The van der Waals surface area contributed by atoms with Crippen molar-refractivity contribution in [1.29, 1.82) is 0 Å². The quantitative estimate of drug-likeness (QED) is 0.729. The third kappa shape index (κ3) is 3.33. The molecule has 3 aromatic rings. The molecule has 0 saturated carbocycles. The van der Waals surface area contributed by atoms with Crippen molar-refractivity contribution in [2.45, 2.75) is 19.9 Å². The van der Waals surface area contributed by atoms with Gasteiger partial charge in [-0.05, 0) is 26.0 Å². The first-order chi connectivity index (χ1) is 14.0. The summed E-state index contributed by atoms with van der Waals surface area (Å²) in [5, 5.41) is 4.53. The van der Waals surface area contributed by atoms with E-state index in [1.165, 1.54) is 18.5 Å². The van der Waals surface area contributed by atoms with Crippen molar-refractivity contribution in [3.8, 4) is 5.69 Å². The first-order valence-electron chi connectivity index (χ1n) is 9.25. The Kier molecular flexibility index (Phi) is 4.98. The van der Waals surface area contributed by atoms with Crippen LogP contribution in [0.5, 0.6) is 0 Å². The molecule has 0 spiro atoms. The van der Waals surface area contributed by atoms with Crippen molar-refractivity contribution < 1.29 is 13.9 Å². The number of hydrogen-bond acceptors (Lipinski definition) is 6. The lowest BCUT2D eigenvalue weighted by Crippen LogP contribution is -2.44. The molecule has 1 unspecified atom stereocenters. The summed E-state index contributed by atoms with van der Waals surface area (Å²) >= 11 is 0. The van der Waals surface area contributed by atoms with Crippen LogP contribution in [-0.4, -0.2) is 50.3 Å². The highest BCUT2D eigenvalue weighted by Gasteiger charge is 2.34. The lowest BCUT2D eigenvalue weighted by atomic mass is 10.0. The molecule has 8 nitrogen and oxygen atoms in total. The van der Waals surface area contributed by atoms with Gasteiger partial charge in [0.15, 0.2) is 11.5 Å². The summed E-state index contributed by atoms with van der Waals surface area (Å²) in [5.74, 6) is -0.607. The molecule has 0 bridgehead atoms. The van der Waals surface area contributed by atoms with E-state index in [-0.39, 0.29) is 23.2 Å². The molecule has 0 radical (unpaired) electrons. The van der Waals surface area contributed by atoms with Crippen molar-refractivity contribution in [2.24, 2.45) is 0 Å². The van der Waals surface area contributed by atoms with E-state index in [4.69, 9.17) is 10.5 Å². The Morgan fingerprint density at radius 1 is 1.24 bits per heavy atom. The third-order valence-corrected chi connectivity index (χ3v) is 5.08. The number of nitrogens with zero attached hydrogens (tertiary/aromatic N) is 5. The number of benzene rings is 1. The van der Waals surface area contributed by atoms with Gasteiger partial charge in [0.25, 0.3) is 5.91 Å². The van der Waals surface area contributed by atoms with Gasteiger partial charge < -0.3 is 15.4 Å². The molecule has 1 saturated heterocycles. The number of amides is 1. The number of rotatable bonds is 3. The number of morpholine rings is 1. The Hall–Kier alpha value is -3.33. The highest BCUT2D eigenvalue weighted by Crippen LogP contribution is 2.32. The van der Waals surface area contributed by atoms with Crippen LogP contribution in [0.3, 0.4) is 0 Å². The molecular formula is C20H21FN6O2. The van der Waals surface area contributed by atoms with Gasteiger partial charge in [-0.2, -0.15) is 5.10 Å². The third-order valence-electron chi connectivity index (χ3n) is 5.08. The summed E-state index contributed by atoms with van der Waals surface area (Å²) in [5.41, 5.74) is 8.59. The van der Waals surface area contributed by atoms with Gasteiger partial charge in [0, 0.05) is 30.2 Å². The zero-order valence-electron chi connectivity index (χ0n) is 16.2. The average molecular weight is 396 g/mol. The second-order valence-corrected chi connectivity index (χ2v) is 6.83. The number of carbonyl (C=O) groups is 1. The summed E-state index contributed by atoms with van der Waals surface area (Å²) in [4.78, 5) is 22.9. The number of halogens is 1. The zero-order valence-corrected chi connectivity index (χ0v) is 16.2. The molecule has 1 atom stereocenters. The summed E-state index contributed by atoms with van der Waals surface area (Å²) in [6, 6.07) is 6.05. The predicted molar refractivity (Wildman–Crippen MR) is 104 cm³/mol. The van der Waals surface area contributed by atoms with Crippen LogP contribution in [0.15, 0.2) is 36.7 Å². The van der Waals surface area contributed by atoms with E-state index < -0.39 is 6.04 Å². The van der Waals surface area contributed by atoms with E-state index >= 15 is 0 Å². The van der Waals surface area contributed by atoms with Crippen molar-refractivity contribution in [2.75, 3.05) is 25.5 Å². The second kappa shape index (κ2) is 7.59. The molecule has 1 aromatic carbocycles. The SMILES string of the molecule is Cc1nn(-c2ccccc2F)c(C)c1C1COCCN1C(=O)c1nccnc1N. The molecule has 4 rings (SSSR count). The van der Waals surface area contributed by atoms with E-state index in [1.54, 1.807) is 27.8 Å². The van der Waals surface area contributed by atoms with Crippen molar-refractivity contribution in [1.82, 2.24) is 24.6 Å². The predicted octanol–water partition coefficient (Wildman–Crippen LogP) is 2.21. The maximum absolute atomic E-state index is 14.3. The molecule has 0 aliphatic carbocycles. The van der Waals surface area contributed by atoms with Gasteiger partial charge in [-0.15, -0.1) is 0 Å². The van der Waals surface area contributed by atoms with Crippen LogP contribution in [0.2, 0.25) is 0 Å². The summed E-state index contributed by atoms with van der Waals surface area (Å²) in [7, 11) is 0. The number of anilines is 1. The summed E-state index contributed by atoms with van der Waals surface area (Å²) < 4.78 is 21.6. The molecular weight excluding hydrogens is 375 g/mol. The standard InChI is InChI=1S/C20H21FN6O2/c1-12-17(13(2)27(25-12)15-6-4-3-5-14(15)21)16-11-29-10-9-26(16)20(28)18-19(22)24-8-7-23-18/h3-8,16H,9-11H2,1-2H3,(H2,22,24). The maximum Gasteiger partial charge on any atom is 0.276 e. The van der Waals surface area contributed by atoms with Gasteiger partial charge in [-0.25, -0.2) is 19.0 Å². The number of nitrogen functional groups attached to an aromatic ring is 1. The molecule has 1 amide bonds. The highest BCUT2D eigenvalue weighted by molar-refractivity contribution is 5.96. The topological polar surface area (TPSA) is 99.2 Å². The Labute approximate surface area is 167 Å². The van der Waals surface area contributed by atoms with E-state index in [2.05, 4.69) is 15.1 Å². The molecule has 3 heterocycles.